The molecule has 0 unspecified atom stereocenters. The maximum absolute atomic E-state index is 6.08. The van der Waals surface area contributed by atoms with Crippen LogP contribution in [0.2, 0.25) is 0 Å². The molecule has 1 aliphatic heterocycles. The van der Waals surface area contributed by atoms with Crippen LogP contribution < -0.4 is 0 Å². The van der Waals surface area contributed by atoms with Crippen LogP contribution in [0.15, 0.2) is 30.3 Å². The van der Waals surface area contributed by atoms with E-state index in [1.54, 1.807) is 0 Å². The Bertz CT molecular complexity index is 404. The van der Waals surface area contributed by atoms with Gasteiger partial charge in [-0.25, -0.2) is 0 Å². The van der Waals surface area contributed by atoms with E-state index in [0.717, 1.165) is 26.1 Å². The van der Waals surface area contributed by atoms with Crippen LogP contribution in [-0.2, 0) is 9.47 Å². The minimum Gasteiger partial charge on any atom is -0.349 e. The number of rotatable bonds is 1. The molecule has 1 spiro atoms. The van der Waals surface area contributed by atoms with Gasteiger partial charge in [-0.1, -0.05) is 44.2 Å². The topological polar surface area (TPSA) is 18.5 Å². The van der Waals surface area contributed by atoms with Gasteiger partial charge in [-0.3, -0.25) is 0 Å². The predicted molar refractivity (Wildman–Crippen MR) is 76.1 cm³/mol. The summed E-state index contributed by atoms with van der Waals surface area (Å²) >= 11 is 0. The first-order valence-electron chi connectivity index (χ1n) is 7.42. The lowest BCUT2D eigenvalue weighted by molar-refractivity contribution is -0.310. The molecule has 0 amide bonds. The summed E-state index contributed by atoms with van der Waals surface area (Å²) in [4.78, 5) is 0. The summed E-state index contributed by atoms with van der Waals surface area (Å²) in [6.45, 7) is 6.05. The molecule has 3 rings (SSSR count). The van der Waals surface area contributed by atoms with Crippen LogP contribution in [0.25, 0.3) is 0 Å². The standard InChI is InChI=1S/C17H24O2/c1-16(2)12-18-17(19-13-16)10-8-15(9-11-17)14-6-4-3-5-7-14/h3-7,15H,8-13H2,1-2H3. The lowest BCUT2D eigenvalue weighted by Crippen LogP contribution is -2.49. The molecule has 0 N–H and O–H groups in total. The van der Waals surface area contributed by atoms with E-state index in [1.165, 1.54) is 18.4 Å². The van der Waals surface area contributed by atoms with E-state index in [1.807, 2.05) is 0 Å². The van der Waals surface area contributed by atoms with Gasteiger partial charge in [0.05, 0.1) is 13.2 Å². The quantitative estimate of drug-likeness (QED) is 0.756. The Morgan fingerprint density at radius 2 is 1.53 bits per heavy atom. The molecular formula is C17H24O2. The average Bonchev–Trinajstić information content (AvgIpc) is 2.45. The number of benzene rings is 1. The summed E-state index contributed by atoms with van der Waals surface area (Å²) in [7, 11) is 0. The highest BCUT2D eigenvalue weighted by atomic mass is 16.7. The van der Waals surface area contributed by atoms with Gasteiger partial charge in [0.15, 0.2) is 5.79 Å². The van der Waals surface area contributed by atoms with Crippen molar-refractivity contribution in [3.05, 3.63) is 35.9 Å². The van der Waals surface area contributed by atoms with E-state index < -0.39 is 0 Å². The van der Waals surface area contributed by atoms with Crippen LogP contribution in [0.4, 0.5) is 0 Å². The molecule has 0 aromatic heterocycles. The van der Waals surface area contributed by atoms with Gasteiger partial charge in [0.2, 0.25) is 0 Å². The Balaban J connectivity index is 1.61. The average molecular weight is 260 g/mol. The molecule has 19 heavy (non-hydrogen) atoms. The second kappa shape index (κ2) is 4.92. The van der Waals surface area contributed by atoms with Gasteiger partial charge >= 0.3 is 0 Å². The fraction of sp³-hybridized carbons (Fsp3) is 0.647. The van der Waals surface area contributed by atoms with Crippen molar-refractivity contribution in [2.75, 3.05) is 13.2 Å². The third-order valence-corrected chi connectivity index (χ3v) is 4.47. The molecule has 2 nitrogen and oxygen atoms in total. The maximum atomic E-state index is 6.08. The molecule has 104 valence electrons. The van der Waals surface area contributed by atoms with Gasteiger partial charge in [0.25, 0.3) is 0 Å². The molecule has 0 atom stereocenters. The summed E-state index contributed by atoms with van der Waals surface area (Å²) in [5, 5.41) is 0. The molecule has 1 aromatic rings. The molecule has 1 saturated carbocycles. The molecule has 1 aromatic carbocycles. The van der Waals surface area contributed by atoms with Crippen LogP contribution in [0.3, 0.4) is 0 Å². The first-order chi connectivity index (χ1) is 9.09. The van der Waals surface area contributed by atoms with Crippen LogP contribution in [0.1, 0.15) is 51.0 Å². The first kappa shape index (κ1) is 13.1. The SMILES string of the molecule is CC1(C)COC2(CCC(c3ccccc3)CC2)OC1. The van der Waals surface area contributed by atoms with Gasteiger partial charge in [-0.2, -0.15) is 0 Å². The first-order valence-corrected chi connectivity index (χ1v) is 7.42. The molecule has 1 heterocycles. The zero-order chi connectivity index (χ0) is 13.3. The molecule has 1 aliphatic carbocycles. The molecule has 2 heteroatoms. The zero-order valence-corrected chi connectivity index (χ0v) is 12.0. The van der Waals surface area contributed by atoms with Crippen molar-refractivity contribution in [1.82, 2.24) is 0 Å². The Morgan fingerprint density at radius 3 is 2.11 bits per heavy atom. The summed E-state index contributed by atoms with van der Waals surface area (Å²) in [5.74, 6) is 0.398. The third kappa shape index (κ3) is 2.85. The maximum Gasteiger partial charge on any atom is 0.168 e. The Labute approximate surface area is 116 Å². The highest BCUT2D eigenvalue weighted by Crippen LogP contribution is 2.43. The van der Waals surface area contributed by atoms with Crippen LogP contribution in [0.5, 0.6) is 0 Å². The second-order valence-electron chi connectivity index (χ2n) is 6.84. The fourth-order valence-corrected chi connectivity index (χ4v) is 3.14. The largest absolute Gasteiger partial charge is 0.349 e. The van der Waals surface area contributed by atoms with E-state index in [-0.39, 0.29) is 11.2 Å². The Morgan fingerprint density at radius 1 is 0.947 bits per heavy atom. The summed E-state index contributed by atoms with van der Waals surface area (Å²) in [5.41, 5.74) is 1.63. The fourth-order valence-electron chi connectivity index (χ4n) is 3.14. The lowest BCUT2D eigenvalue weighted by Gasteiger charge is -2.46. The molecule has 1 saturated heterocycles. The highest BCUT2D eigenvalue weighted by molar-refractivity contribution is 5.20. The molecule has 0 bridgehead atoms. The van der Waals surface area contributed by atoms with E-state index in [4.69, 9.17) is 9.47 Å². The minimum absolute atomic E-state index is 0.168. The van der Waals surface area contributed by atoms with Gasteiger partial charge in [0.1, 0.15) is 0 Å². The number of hydrogen-bond acceptors (Lipinski definition) is 2. The van der Waals surface area contributed by atoms with E-state index >= 15 is 0 Å². The zero-order valence-electron chi connectivity index (χ0n) is 12.0. The molecule has 2 aliphatic rings. The molecule has 2 fully saturated rings. The second-order valence-corrected chi connectivity index (χ2v) is 6.84. The van der Waals surface area contributed by atoms with E-state index in [9.17, 15) is 0 Å². The minimum atomic E-state index is -0.277. The van der Waals surface area contributed by atoms with E-state index in [2.05, 4.69) is 44.2 Å². The third-order valence-electron chi connectivity index (χ3n) is 4.47. The van der Waals surface area contributed by atoms with Crippen molar-refractivity contribution in [2.45, 2.75) is 51.2 Å². The van der Waals surface area contributed by atoms with Crippen LogP contribution in [-0.4, -0.2) is 19.0 Å². The monoisotopic (exact) mass is 260 g/mol. The molecular weight excluding hydrogens is 236 g/mol. The van der Waals surface area contributed by atoms with Crippen molar-refractivity contribution < 1.29 is 9.47 Å². The Hall–Kier alpha value is -0.860. The van der Waals surface area contributed by atoms with Crippen molar-refractivity contribution in [2.24, 2.45) is 5.41 Å². The lowest BCUT2D eigenvalue weighted by atomic mass is 9.80. The van der Waals surface area contributed by atoms with Crippen molar-refractivity contribution in [3.63, 3.8) is 0 Å². The van der Waals surface area contributed by atoms with Crippen molar-refractivity contribution in [1.29, 1.82) is 0 Å². The predicted octanol–water partition coefficient (Wildman–Crippen LogP) is 4.11. The Kier molecular flexibility index (Phi) is 3.40. The number of ether oxygens (including phenoxy) is 2. The van der Waals surface area contributed by atoms with Crippen LogP contribution in [0, 0.1) is 5.41 Å². The van der Waals surface area contributed by atoms with Gasteiger partial charge < -0.3 is 9.47 Å². The van der Waals surface area contributed by atoms with Gasteiger partial charge in [-0.05, 0) is 24.3 Å². The van der Waals surface area contributed by atoms with Crippen molar-refractivity contribution in [3.8, 4) is 0 Å². The van der Waals surface area contributed by atoms with E-state index in [0.29, 0.717) is 5.92 Å². The van der Waals surface area contributed by atoms with Crippen LogP contribution >= 0.6 is 0 Å². The summed E-state index contributed by atoms with van der Waals surface area (Å²) in [6, 6.07) is 10.8. The normalized spacial score (nSPS) is 26.4. The smallest absolute Gasteiger partial charge is 0.168 e. The van der Waals surface area contributed by atoms with Gasteiger partial charge in [-0.15, -0.1) is 0 Å². The molecule has 0 radical (unpaired) electrons. The summed E-state index contributed by atoms with van der Waals surface area (Å²) < 4.78 is 12.2. The highest BCUT2D eigenvalue weighted by Gasteiger charge is 2.43. The van der Waals surface area contributed by atoms with Gasteiger partial charge in [0, 0.05) is 18.3 Å². The number of hydrogen-bond donors (Lipinski definition) is 0. The summed E-state index contributed by atoms with van der Waals surface area (Å²) in [6.07, 6.45) is 4.40. The van der Waals surface area contributed by atoms with Crippen molar-refractivity contribution >= 4 is 0 Å².